The standard InChI is InChI=1S/C86H54N4S/c87-83-61(55-37-45-60(46-38-55)90-80-31-15-7-23-70(80)71-24-8-16-32-81(71)90)49-50-82(84(83)88-91)89(58-41-33-53(34-42-58)56-39-47-68-66-21-5-13-29-76(66)85(78(68)51-56)72-25-9-1-17-62(72)63-18-2-10-26-73(63)85)59-43-35-54(36-44-59)57-40-48-69-67-22-6-14-30-77(67)86(79(69)52-57)74-27-11-3-19-64(74)65-20-4-12-28-75(65)86/h1-52,87,91H/b87-83?,88-84-. The van der Waals surface area contributed by atoms with Crippen LogP contribution in [0, 0.1) is 5.41 Å². The van der Waals surface area contributed by atoms with Crippen LogP contribution in [0.3, 0.4) is 0 Å². The SMILES string of the molecule is N=C1C(c2ccc(-n3c4ccccc4c4ccccc43)cc2)=CC=C(N(c2ccc(-c3ccc4c(c3)C3(c5ccccc5-c5ccccc53)c3ccccc3-4)cc2)c2ccc(-c3ccc4c(c3)C3(c5ccccc5-c5ccccc53)c3ccccc3-4)cc2)/C1=N/S. The summed E-state index contributed by atoms with van der Waals surface area (Å²) in [6.45, 7) is 0. The number of hydrogen-bond donors (Lipinski definition) is 2. The number of allylic oxidation sites excluding steroid dienone is 4. The summed E-state index contributed by atoms with van der Waals surface area (Å²) in [6.07, 6.45) is 4.18. The lowest BCUT2D eigenvalue weighted by atomic mass is 9.70. The monoisotopic (exact) mass is 1170 g/mol. The van der Waals surface area contributed by atoms with Crippen LogP contribution in [0.1, 0.15) is 50.1 Å². The summed E-state index contributed by atoms with van der Waals surface area (Å²) < 4.78 is 7.00. The number of hydrogen-bond acceptors (Lipinski definition) is 4. The maximum Gasteiger partial charge on any atom is 0.121 e. The molecule has 0 fully saturated rings. The average Bonchev–Trinajstić information content (AvgIpc) is 1.52. The number of nitrogens with one attached hydrogen (secondary N) is 1. The molecule has 2 spiro atoms. The number of rotatable bonds is 7. The van der Waals surface area contributed by atoms with Gasteiger partial charge in [-0.2, -0.15) is 0 Å². The fourth-order valence-corrected chi connectivity index (χ4v) is 16.9. The molecule has 0 aliphatic heterocycles. The molecule has 13 aromatic carbocycles. The third kappa shape index (κ3) is 7.07. The highest BCUT2D eigenvalue weighted by molar-refractivity contribution is 7.79. The first-order valence-electron chi connectivity index (χ1n) is 31.2. The van der Waals surface area contributed by atoms with E-state index in [1.54, 1.807) is 0 Å². The van der Waals surface area contributed by atoms with E-state index in [1.165, 1.54) is 99.8 Å². The fourth-order valence-electron chi connectivity index (χ4n) is 16.7. The van der Waals surface area contributed by atoms with Crippen molar-refractivity contribution in [3.8, 4) is 72.4 Å². The Morgan fingerprint density at radius 3 is 1.03 bits per heavy atom. The fraction of sp³-hybridized carbons (Fsp3) is 0.0233. The molecule has 0 unspecified atom stereocenters. The first kappa shape index (κ1) is 51.7. The van der Waals surface area contributed by atoms with Crippen LogP contribution in [0.4, 0.5) is 11.4 Å². The zero-order valence-electron chi connectivity index (χ0n) is 49.3. The highest BCUT2D eigenvalue weighted by Crippen LogP contribution is 2.65. The molecule has 1 heterocycles. The Morgan fingerprint density at radius 2 is 0.648 bits per heavy atom. The third-order valence-corrected chi connectivity index (χ3v) is 20.6. The highest BCUT2D eigenvalue weighted by Gasteiger charge is 2.53. The lowest BCUT2D eigenvalue weighted by molar-refractivity contribution is 0.794. The Hall–Kier alpha value is -11.4. The van der Waals surface area contributed by atoms with Gasteiger partial charge in [-0.1, -0.05) is 243 Å². The van der Waals surface area contributed by atoms with Gasteiger partial charge in [0, 0.05) is 33.4 Å². The number of benzene rings is 13. The van der Waals surface area contributed by atoms with Gasteiger partial charge in [0.2, 0.25) is 0 Å². The number of fused-ring (bicyclic) bond motifs is 23. The molecule has 0 saturated heterocycles. The number of anilines is 2. The second-order valence-electron chi connectivity index (χ2n) is 24.6. The van der Waals surface area contributed by atoms with Crippen LogP contribution in [0.25, 0.3) is 99.8 Å². The molecule has 0 saturated carbocycles. The van der Waals surface area contributed by atoms with Crippen LogP contribution in [0.2, 0.25) is 0 Å². The zero-order valence-corrected chi connectivity index (χ0v) is 50.2. The quantitative estimate of drug-likeness (QED) is 0.121. The van der Waals surface area contributed by atoms with Gasteiger partial charge < -0.3 is 9.47 Å². The Labute approximate surface area is 533 Å². The van der Waals surface area contributed by atoms with Crippen molar-refractivity contribution in [3.05, 3.63) is 371 Å². The van der Waals surface area contributed by atoms with Crippen LogP contribution < -0.4 is 4.90 Å². The molecule has 5 aliphatic rings. The molecule has 91 heavy (non-hydrogen) atoms. The van der Waals surface area contributed by atoms with Crippen LogP contribution >= 0.6 is 12.8 Å². The number of thiol groups is 1. The van der Waals surface area contributed by atoms with Gasteiger partial charge in [0.1, 0.15) is 5.71 Å². The summed E-state index contributed by atoms with van der Waals surface area (Å²) in [6, 6.07) is 112. The second kappa shape index (κ2) is 19.6. The normalized spacial score (nSPS) is 15.0. The van der Waals surface area contributed by atoms with Crippen LogP contribution in [0.5, 0.6) is 0 Å². The molecular weight excluding hydrogens is 1120 g/mol. The largest absolute Gasteiger partial charge is 0.309 e. The first-order valence-corrected chi connectivity index (χ1v) is 31.6. The van der Waals surface area contributed by atoms with E-state index in [4.69, 9.17) is 12.8 Å². The number of aromatic nitrogens is 1. The Morgan fingerprint density at radius 1 is 0.319 bits per heavy atom. The average molecular weight is 1180 g/mol. The summed E-state index contributed by atoms with van der Waals surface area (Å²) in [5, 5.41) is 12.4. The molecule has 0 amide bonds. The highest BCUT2D eigenvalue weighted by atomic mass is 32.1. The lowest BCUT2D eigenvalue weighted by Crippen LogP contribution is -2.30. The van der Waals surface area contributed by atoms with Crippen molar-refractivity contribution < 1.29 is 0 Å². The second-order valence-corrected chi connectivity index (χ2v) is 24.8. The smallest absolute Gasteiger partial charge is 0.121 e. The van der Waals surface area contributed by atoms with Gasteiger partial charge in [-0.15, -0.1) is 0 Å². The topological polar surface area (TPSA) is 44.4 Å². The van der Waals surface area contributed by atoms with E-state index in [1.807, 2.05) is 0 Å². The van der Waals surface area contributed by atoms with Crippen molar-refractivity contribution in [2.75, 3.05) is 4.90 Å². The van der Waals surface area contributed by atoms with Crippen molar-refractivity contribution in [1.82, 2.24) is 4.57 Å². The molecule has 0 bridgehead atoms. The minimum absolute atomic E-state index is 0.293. The van der Waals surface area contributed by atoms with Crippen LogP contribution in [-0.4, -0.2) is 16.0 Å². The van der Waals surface area contributed by atoms with Crippen molar-refractivity contribution >= 4 is 63.0 Å². The van der Waals surface area contributed by atoms with Crippen LogP contribution in [0.15, 0.2) is 326 Å². The van der Waals surface area contributed by atoms with E-state index in [-0.39, 0.29) is 0 Å². The molecule has 19 rings (SSSR count). The van der Waals surface area contributed by atoms with E-state index in [0.717, 1.165) is 67.2 Å². The first-order chi connectivity index (χ1) is 45.0. The van der Waals surface area contributed by atoms with Crippen molar-refractivity contribution in [2.45, 2.75) is 10.8 Å². The van der Waals surface area contributed by atoms with Crippen molar-refractivity contribution in [1.29, 1.82) is 5.41 Å². The predicted octanol–water partition coefficient (Wildman–Crippen LogP) is 21.2. The summed E-state index contributed by atoms with van der Waals surface area (Å²) >= 11 is 4.70. The molecular formula is C86H54N4S. The van der Waals surface area contributed by atoms with Crippen molar-refractivity contribution in [3.63, 3.8) is 0 Å². The molecule has 4 nitrogen and oxygen atoms in total. The van der Waals surface area contributed by atoms with Gasteiger partial charge in [-0.3, -0.25) is 5.41 Å². The Kier molecular flexibility index (Phi) is 11.1. The van der Waals surface area contributed by atoms with Gasteiger partial charge in [0.15, 0.2) is 0 Å². The van der Waals surface area contributed by atoms with E-state index >= 15 is 0 Å². The number of para-hydroxylation sites is 2. The maximum atomic E-state index is 10.0. The summed E-state index contributed by atoms with van der Waals surface area (Å²) in [7, 11) is 0. The Bertz CT molecular complexity index is 5150. The van der Waals surface area contributed by atoms with Gasteiger partial charge in [-0.05, 0) is 202 Å². The minimum Gasteiger partial charge on any atom is -0.309 e. The molecule has 424 valence electrons. The van der Waals surface area contributed by atoms with E-state index in [9.17, 15) is 5.41 Å². The van der Waals surface area contributed by atoms with Crippen molar-refractivity contribution in [2.24, 2.45) is 4.40 Å². The maximum absolute atomic E-state index is 10.0. The molecule has 1 N–H and O–H groups in total. The minimum atomic E-state index is -0.446. The van der Waals surface area contributed by atoms with Gasteiger partial charge >= 0.3 is 0 Å². The third-order valence-electron chi connectivity index (χ3n) is 20.4. The van der Waals surface area contributed by atoms with Gasteiger partial charge in [-0.25, -0.2) is 4.40 Å². The van der Waals surface area contributed by atoms with E-state index < -0.39 is 10.8 Å². The molecule has 5 aliphatic carbocycles. The van der Waals surface area contributed by atoms with Gasteiger partial charge in [0.25, 0.3) is 0 Å². The van der Waals surface area contributed by atoms with E-state index in [2.05, 4.69) is 329 Å². The molecule has 5 heteroatoms. The van der Waals surface area contributed by atoms with Gasteiger partial charge in [0.05, 0.1) is 33.3 Å². The summed E-state index contributed by atoms with van der Waals surface area (Å²) in [4.78, 5) is 2.23. The van der Waals surface area contributed by atoms with Crippen LogP contribution in [-0.2, 0) is 10.8 Å². The predicted molar refractivity (Wildman–Crippen MR) is 379 cm³/mol. The molecule has 0 radical (unpaired) electrons. The number of nitrogens with zero attached hydrogens (tertiary/aromatic N) is 3. The summed E-state index contributed by atoms with van der Waals surface area (Å²) in [5.74, 6) is 0. The summed E-state index contributed by atoms with van der Waals surface area (Å²) in [5.41, 5.74) is 32.9. The molecule has 0 atom stereocenters. The Balaban J connectivity index is 0.729. The molecule has 14 aromatic rings. The lowest BCUT2D eigenvalue weighted by Gasteiger charge is -2.31. The van der Waals surface area contributed by atoms with E-state index in [0.29, 0.717) is 11.4 Å². The molecule has 1 aromatic heterocycles. The zero-order chi connectivity index (χ0) is 60.1.